The number of nitrogens with one attached hydrogen (secondary N) is 1. The second-order valence-corrected chi connectivity index (χ2v) is 6.83. The van der Waals surface area contributed by atoms with E-state index in [2.05, 4.69) is 10.4 Å². The summed E-state index contributed by atoms with van der Waals surface area (Å²) < 4.78 is 0. The SMILES string of the molecule is CC(C)(C)C(CC1=NN(CC2CC2)C(=O)C1)NC(=O)O. The van der Waals surface area contributed by atoms with Gasteiger partial charge in [-0.25, -0.2) is 9.80 Å². The van der Waals surface area contributed by atoms with Crippen molar-refractivity contribution in [2.24, 2.45) is 16.4 Å². The van der Waals surface area contributed by atoms with E-state index in [1.807, 2.05) is 20.8 Å². The molecule has 112 valence electrons. The number of carboxylic acid groups (broad SMARTS) is 1. The minimum absolute atomic E-state index is 0.0369. The summed E-state index contributed by atoms with van der Waals surface area (Å²) in [5.74, 6) is 0.646. The molecule has 0 bridgehead atoms. The molecule has 6 nitrogen and oxygen atoms in total. The van der Waals surface area contributed by atoms with Gasteiger partial charge in [-0.1, -0.05) is 20.8 Å². The second kappa shape index (κ2) is 5.42. The molecule has 20 heavy (non-hydrogen) atoms. The lowest BCUT2D eigenvalue weighted by atomic mass is 9.83. The number of nitrogens with zero attached hydrogens (tertiary/aromatic N) is 2. The number of hydrazone groups is 1. The molecule has 0 aromatic rings. The van der Waals surface area contributed by atoms with Crippen molar-refractivity contribution in [3.8, 4) is 0 Å². The van der Waals surface area contributed by atoms with Gasteiger partial charge in [-0.3, -0.25) is 4.79 Å². The molecular weight excluding hydrogens is 258 g/mol. The van der Waals surface area contributed by atoms with Crippen molar-refractivity contribution in [3.05, 3.63) is 0 Å². The molecule has 0 saturated heterocycles. The molecule has 0 aromatic heterocycles. The van der Waals surface area contributed by atoms with Gasteiger partial charge < -0.3 is 10.4 Å². The summed E-state index contributed by atoms with van der Waals surface area (Å²) in [7, 11) is 0. The molecule has 0 aromatic carbocycles. The maximum Gasteiger partial charge on any atom is 0.404 e. The normalized spacial score (nSPS) is 20.9. The molecule has 0 radical (unpaired) electrons. The first kappa shape index (κ1) is 14.8. The molecule has 1 saturated carbocycles. The van der Waals surface area contributed by atoms with Crippen LogP contribution >= 0.6 is 0 Å². The van der Waals surface area contributed by atoms with Gasteiger partial charge >= 0.3 is 6.09 Å². The lowest BCUT2D eigenvalue weighted by molar-refractivity contribution is -0.128. The predicted octanol–water partition coefficient (Wildman–Crippen LogP) is 2.06. The summed E-state index contributed by atoms with van der Waals surface area (Å²) in [6.07, 6.45) is 2.13. The minimum atomic E-state index is -1.04. The van der Waals surface area contributed by atoms with Crippen LogP contribution in [0.25, 0.3) is 0 Å². The Balaban J connectivity index is 1.99. The molecule has 1 heterocycles. The number of amides is 2. The van der Waals surface area contributed by atoms with E-state index >= 15 is 0 Å². The Morgan fingerprint density at radius 2 is 2.15 bits per heavy atom. The first-order valence-corrected chi connectivity index (χ1v) is 7.12. The van der Waals surface area contributed by atoms with E-state index in [-0.39, 0.29) is 17.4 Å². The minimum Gasteiger partial charge on any atom is -0.465 e. The summed E-state index contributed by atoms with van der Waals surface area (Å²) in [6.45, 7) is 6.65. The van der Waals surface area contributed by atoms with Crippen LogP contribution in [0.2, 0.25) is 0 Å². The van der Waals surface area contributed by atoms with Crippen LogP contribution in [0.4, 0.5) is 4.79 Å². The van der Waals surface area contributed by atoms with Gasteiger partial charge in [-0.05, 0) is 24.2 Å². The molecule has 2 amide bonds. The summed E-state index contributed by atoms with van der Waals surface area (Å²) in [5.41, 5.74) is 0.567. The zero-order valence-electron chi connectivity index (χ0n) is 12.3. The summed E-state index contributed by atoms with van der Waals surface area (Å²) in [6, 6.07) is -0.243. The molecular formula is C14H23N3O3. The van der Waals surface area contributed by atoms with Crippen molar-refractivity contribution in [2.45, 2.75) is 52.5 Å². The zero-order valence-corrected chi connectivity index (χ0v) is 12.3. The van der Waals surface area contributed by atoms with Crippen molar-refractivity contribution in [1.29, 1.82) is 0 Å². The van der Waals surface area contributed by atoms with Crippen LogP contribution in [0.1, 0.15) is 46.5 Å². The van der Waals surface area contributed by atoms with Gasteiger partial charge in [0.25, 0.3) is 0 Å². The predicted molar refractivity (Wildman–Crippen MR) is 75.5 cm³/mol. The highest BCUT2D eigenvalue weighted by Gasteiger charge is 2.34. The second-order valence-electron chi connectivity index (χ2n) is 6.83. The van der Waals surface area contributed by atoms with Crippen LogP contribution in [0.3, 0.4) is 0 Å². The summed E-state index contributed by atoms with van der Waals surface area (Å²) in [5, 5.41) is 17.4. The first-order valence-electron chi connectivity index (χ1n) is 7.12. The highest BCUT2D eigenvalue weighted by atomic mass is 16.4. The largest absolute Gasteiger partial charge is 0.465 e. The van der Waals surface area contributed by atoms with Crippen molar-refractivity contribution >= 4 is 17.7 Å². The molecule has 1 aliphatic carbocycles. The molecule has 1 fully saturated rings. The number of carbonyl (C=O) groups excluding carboxylic acids is 1. The third kappa shape index (κ3) is 3.95. The quantitative estimate of drug-likeness (QED) is 0.809. The van der Waals surface area contributed by atoms with Gasteiger partial charge in [0.05, 0.1) is 12.1 Å². The monoisotopic (exact) mass is 281 g/mol. The van der Waals surface area contributed by atoms with E-state index in [4.69, 9.17) is 5.11 Å². The van der Waals surface area contributed by atoms with E-state index in [1.165, 1.54) is 12.8 Å². The Labute approximate surface area is 119 Å². The number of carbonyl (C=O) groups is 2. The van der Waals surface area contributed by atoms with Gasteiger partial charge in [0.2, 0.25) is 5.91 Å². The molecule has 0 spiro atoms. The van der Waals surface area contributed by atoms with Gasteiger partial charge in [0, 0.05) is 19.0 Å². The van der Waals surface area contributed by atoms with Gasteiger partial charge in [0.1, 0.15) is 0 Å². The van der Waals surface area contributed by atoms with E-state index in [9.17, 15) is 9.59 Å². The Morgan fingerprint density at radius 1 is 1.50 bits per heavy atom. The molecule has 2 N–H and O–H groups in total. The van der Waals surface area contributed by atoms with Crippen LogP contribution in [0.15, 0.2) is 5.10 Å². The van der Waals surface area contributed by atoms with E-state index in [1.54, 1.807) is 5.01 Å². The standard InChI is InChI=1S/C14H23N3O3/c1-14(2,3)11(15-13(19)20)6-10-7-12(18)17(16-10)8-9-4-5-9/h9,11,15H,4-8H2,1-3H3,(H,19,20). The number of hydrogen-bond acceptors (Lipinski definition) is 3. The fraction of sp³-hybridized carbons (Fsp3) is 0.786. The third-order valence-electron chi connectivity index (χ3n) is 3.82. The molecule has 2 aliphatic rings. The molecule has 1 atom stereocenters. The number of hydrogen-bond donors (Lipinski definition) is 2. The first-order chi connectivity index (χ1) is 9.25. The van der Waals surface area contributed by atoms with Crippen molar-refractivity contribution < 1.29 is 14.7 Å². The zero-order chi connectivity index (χ0) is 14.9. The van der Waals surface area contributed by atoms with Crippen LogP contribution in [0, 0.1) is 11.3 Å². The van der Waals surface area contributed by atoms with E-state index in [0.29, 0.717) is 18.8 Å². The van der Waals surface area contributed by atoms with Crippen LogP contribution in [-0.2, 0) is 4.79 Å². The average Bonchev–Trinajstić information content (AvgIpc) is 3.02. The molecule has 1 unspecified atom stereocenters. The lowest BCUT2D eigenvalue weighted by Crippen LogP contribution is -2.44. The van der Waals surface area contributed by atoms with Gasteiger partial charge in [-0.2, -0.15) is 5.10 Å². The Kier molecular flexibility index (Phi) is 4.01. The molecule has 6 heteroatoms. The molecule has 1 aliphatic heterocycles. The Hall–Kier alpha value is -1.59. The van der Waals surface area contributed by atoms with E-state index in [0.717, 1.165) is 12.3 Å². The van der Waals surface area contributed by atoms with Crippen LogP contribution in [0.5, 0.6) is 0 Å². The van der Waals surface area contributed by atoms with Crippen molar-refractivity contribution in [3.63, 3.8) is 0 Å². The van der Waals surface area contributed by atoms with Gasteiger partial charge in [0.15, 0.2) is 0 Å². The highest BCUT2D eigenvalue weighted by molar-refractivity contribution is 6.05. The number of rotatable bonds is 5. The maximum atomic E-state index is 11.9. The summed E-state index contributed by atoms with van der Waals surface area (Å²) in [4.78, 5) is 22.8. The Bertz CT molecular complexity index is 435. The average molecular weight is 281 g/mol. The fourth-order valence-corrected chi connectivity index (χ4v) is 2.29. The lowest BCUT2D eigenvalue weighted by Gasteiger charge is -2.30. The smallest absolute Gasteiger partial charge is 0.404 e. The van der Waals surface area contributed by atoms with Crippen molar-refractivity contribution in [2.75, 3.05) is 6.54 Å². The van der Waals surface area contributed by atoms with E-state index < -0.39 is 6.09 Å². The van der Waals surface area contributed by atoms with Crippen molar-refractivity contribution in [1.82, 2.24) is 10.3 Å². The summed E-state index contributed by atoms with van der Waals surface area (Å²) >= 11 is 0. The Morgan fingerprint density at radius 3 is 2.65 bits per heavy atom. The maximum absolute atomic E-state index is 11.9. The third-order valence-corrected chi connectivity index (χ3v) is 3.82. The van der Waals surface area contributed by atoms with Crippen LogP contribution < -0.4 is 5.32 Å². The fourth-order valence-electron chi connectivity index (χ4n) is 2.29. The topological polar surface area (TPSA) is 82.0 Å². The van der Waals surface area contributed by atoms with Crippen LogP contribution in [-0.4, -0.2) is 40.4 Å². The highest BCUT2D eigenvalue weighted by Crippen LogP contribution is 2.31. The molecule has 2 rings (SSSR count). The van der Waals surface area contributed by atoms with Gasteiger partial charge in [-0.15, -0.1) is 0 Å².